The minimum absolute atomic E-state index is 0.139. The number of hydrogen-bond donors (Lipinski definition) is 1. The maximum atomic E-state index is 12.3. The molecule has 0 aliphatic heterocycles. The Morgan fingerprint density at radius 3 is 2.00 bits per heavy atom. The Morgan fingerprint density at radius 1 is 0.795 bits per heavy atom. The quantitative estimate of drug-likeness (QED) is 0.0752. The van der Waals surface area contributed by atoms with Crippen molar-refractivity contribution < 1.29 is 28.0 Å². The predicted molar refractivity (Wildman–Crippen MR) is 163 cm³/mol. The largest absolute Gasteiger partial charge is 0.527 e. The van der Waals surface area contributed by atoms with Gasteiger partial charge in [-0.3, -0.25) is 9.42 Å². The standard InChI is InChI=1S/C31H48BrO6P/c1-3-4-5-6-7-8-9-10-11-12-13-14-16-27-19-21-29(22-20-27)36-25-31(35-2)26-37-39(33,34)38-30-18-15-17-28(23-30)24-32/h15,17-23,31H,3-14,16,24-26H2,1-2H3,(H,33,34). The van der Waals surface area contributed by atoms with E-state index >= 15 is 0 Å². The zero-order valence-electron chi connectivity index (χ0n) is 23.8. The number of rotatable bonds is 23. The molecule has 1 N–H and O–H groups in total. The van der Waals surface area contributed by atoms with Crippen molar-refractivity contribution in [2.24, 2.45) is 0 Å². The van der Waals surface area contributed by atoms with Crippen molar-refractivity contribution in [2.75, 3.05) is 20.3 Å². The summed E-state index contributed by atoms with van der Waals surface area (Å²) in [5.41, 5.74) is 2.24. The predicted octanol–water partition coefficient (Wildman–Crippen LogP) is 9.41. The number of methoxy groups -OCH3 is 1. The molecule has 0 aromatic heterocycles. The molecule has 0 amide bonds. The number of unbranched alkanes of at least 4 members (excludes halogenated alkanes) is 11. The molecule has 0 saturated carbocycles. The van der Waals surface area contributed by atoms with Gasteiger partial charge in [0.2, 0.25) is 0 Å². The van der Waals surface area contributed by atoms with Gasteiger partial charge < -0.3 is 14.0 Å². The van der Waals surface area contributed by atoms with E-state index in [1.165, 1.54) is 89.7 Å². The summed E-state index contributed by atoms with van der Waals surface area (Å²) in [7, 11) is -2.78. The molecule has 0 radical (unpaired) electrons. The first-order valence-corrected chi connectivity index (χ1v) is 17.1. The maximum Gasteiger partial charge on any atom is 0.527 e. The van der Waals surface area contributed by atoms with E-state index in [0.29, 0.717) is 5.33 Å². The highest BCUT2D eigenvalue weighted by atomic mass is 79.9. The van der Waals surface area contributed by atoms with Gasteiger partial charge in [0, 0.05) is 12.4 Å². The first kappa shape index (κ1) is 33.8. The van der Waals surface area contributed by atoms with E-state index < -0.39 is 13.9 Å². The second-order valence-electron chi connectivity index (χ2n) is 10.1. The van der Waals surface area contributed by atoms with Gasteiger partial charge in [-0.1, -0.05) is 118 Å². The van der Waals surface area contributed by atoms with E-state index in [1.807, 2.05) is 18.2 Å². The molecule has 2 aromatic carbocycles. The molecule has 0 bridgehead atoms. The van der Waals surface area contributed by atoms with E-state index in [9.17, 15) is 9.46 Å². The monoisotopic (exact) mass is 626 g/mol. The van der Waals surface area contributed by atoms with E-state index in [2.05, 4.69) is 35.0 Å². The summed E-state index contributed by atoms with van der Waals surface area (Å²) in [5, 5.41) is 0.615. The second-order valence-corrected chi connectivity index (χ2v) is 12.0. The second kappa shape index (κ2) is 20.5. The molecule has 0 aliphatic carbocycles. The lowest BCUT2D eigenvalue weighted by atomic mass is 10.0. The van der Waals surface area contributed by atoms with Crippen LogP contribution >= 0.6 is 23.8 Å². The van der Waals surface area contributed by atoms with Crippen LogP contribution in [-0.2, 0) is 25.6 Å². The number of aryl methyl sites for hydroxylation is 1. The molecule has 2 unspecified atom stereocenters. The summed E-state index contributed by atoms with van der Waals surface area (Å²) in [6, 6.07) is 15.0. The Bertz CT molecular complexity index is 939. The highest BCUT2D eigenvalue weighted by Crippen LogP contribution is 2.44. The summed E-state index contributed by atoms with van der Waals surface area (Å²) < 4.78 is 33.8. The van der Waals surface area contributed by atoms with Crippen LogP contribution in [0.5, 0.6) is 11.5 Å². The van der Waals surface area contributed by atoms with Gasteiger partial charge in [0.1, 0.15) is 24.2 Å². The molecule has 0 spiro atoms. The molecule has 2 rings (SSSR count). The first-order valence-electron chi connectivity index (χ1n) is 14.5. The topological polar surface area (TPSA) is 74.2 Å². The van der Waals surface area contributed by atoms with Crippen molar-refractivity contribution in [2.45, 2.75) is 102 Å². The lowest BCUT2D eigenvalue weighted by Crippen LogP contribution is -2.25. The normalized spacial score (nSPS) is 13.6. The maximum absolute atomic E-state index is 12.3. The third-order valence-electron chi connectivity index (χ3n) is 6.71. The van der Waals surface area contributed by atoms with E-state index in [-0.39, 0.29) is 19.0 Å². The zero-order chi connectivity index (χ0) is 28.2. The van der Waals surface area contributed by atoms with Crippen LogP contribution < -0.4 is 9.26 Å². The number of benzene rings is 2. The smallest absolute Gasteiger partial charge is 0.491 e. The number of halogens is 1. The molecule has 0 heterocycles. The number of ether oxygens (including phenoxy) is 2. The highest BCUT2D eigenvalue weighted by molar-refractivity contribution is 9.08. The van der Waals surface area contributed by atoms with Crippen LogP contribution in [0.15, 0.2) is 48.5 Å². The SMILES string of the molecule is CCCCCCCCCCCCCCc1ccc(OCC(COP(=O)(O)Oc2cccc(CBr)c2)OC)cc1. The van der Waals surface area contributed by atoms with Crippen LogP contribution in [0.25, 0.3) is 0 Å². The highest BCUT2D eigenvalue weighted by Gasteiger charge is 2.25. The molecule has 2 aromatic rings. The molecule has 0 saturated heterocycles. The van der Waals surface area contributed by atoms with E-state index in [0.717, 1.165) is 17.7 Å². The molecular formula is C31H48BrO6P. The van der Waals surface area contributed by atoms with Crippen molar-refractivity contribution >= 4 is 23.8 Å². The van der Waals surface area contributed by atoms with Crippen LogP contribution in [0.2, 0.25) is 0 Å². The lowest BCUT2D eigenvalue weighted by Gasteiger charge is -2.19. The van der Waals surface area contributed by atoms with Crippen molar-refractivity contribution in [3.05, 3.63) is 59.7 Å². The third kappa shape index (κ3) is 15.9. The van der Waals surface area contributed by atoms with Crippen LogP contribution in [-0.4, -0.2) is 31.3 Å². The van der Waals surface area contributed by atoms with Gasteiger partial charge in [-0.15, -0.1) is 0 Å². The molecule has 220 valence electrons. The Morgan fingerprint density at radius 2 is 1.41 bits per heavy atom. The molecule has 8 heteroatoms. The molecule has 39 heavy (non-hydrogen) atoms. The molecule has 2 atom stereocenters. The van der Waals surface area contributed by atoms with E-state index in [4.69, 9.17) is 18.5 Å². The van der Waals surface area contributed by atoms with Crippen LogP contribution in [0.1, 0.15) is 95.1 Å². The van der Waals surface area contributed by atoms with E-state index in [1.54, 1.807) is 18.2 Å². The van der Waals surface area contributed by atoms with Gasteiger partial charge in [0.15, 0.2) is 0 Å². The fraction of sp³-hybridized carbons (Fsp3) is 0.613. The number of phosphoric acid groups is 1. The van der Waals surface area contributed by atoms with Crippen LogP contribution in [0, 0.1) is 0 Å². The molecule has 0 aliphatic rings. The van der Waals surface area contributed by atoms with Crippen LogP contribution in [0.4, 0.5) is 0 Å². The number of alkyl halides is 1. The summed E-state index contributed by atoms with van der Waals surface area (Å²) in [4.78, 5) is 10.1. The summed E-state index contributed by atoms with van der Waals surface area (Å²) >= 11 is 3.35. The summed E-state index contributed by atoms with van der Waals surface area (Å²) in [6.07, 6.45) is 16.8. The van der Waals surface area contributed by atoms with Crippen molar-refractivity contribution in [1.82, 2.24) is 0 Å². The number of hydrogen-bond acceptors (Lipinski definition) is 5. The van der Waals surface area contributed by atoms with Crippen LogP contribution in [0.3, 0.4) is 0 Å². The van der Waals surface area contributed by atoms with Gasteiger partial charge in [0.25, 0.3) is 0 Å². The fourth-order valence-electron chi connectivity index (χ4n) is 4.32. The average molecular weight is 628 g/mol. The Balaban J connectivity index is 1.58. The summed E-state index contributed by atoms with van der Waals surface area (Å²) in [6.45, 7) is 2.32. The van der Waals surface area contributed by atoms with Gasteiger partial charge in [-0.2, -0.15) is 0 Å². The van der Waals surface area contributed by atoms with Crippen molar-refractivity contribution in [3.63, 3.8) is 0 Å². The van der Waals surface area contributed by atoms with Crippen molar-refractivity contribution in [3.8, 4) is 11.5 Å². The van der Waals surface area contributed by atoms with Gasteiger partial charge in [-0.05, 0) is 48.2 Å². The fourth-order valence-corrected chi connectivity index (χ4v) is 5.45. The molecular weight excluding hydrogens is 579 g/mol. The lowest BCUT2D eigenvalue weighted by molar-refractivity contribution is 0.0161. The Hall–Kier alpha value is -1.37. The Kier molecular flexibility index (Phi) is 17.8. The first-order chi connectivity index (χ1) is 19.0. The van der Waals surface area contributed by atoms with Gasteiger partial charge in [0.05, 0.1) is 6.61 Å². The Labute approximate surface area is 244 Å². The molecule has 0 fully saturated rings. The molecule has 6 nitrogen and oxygen atoms in total. The average Bonchev–Trinajstić information content (AvgIpc) is 2.94. The minimum atomic E-state index is -4.29. The van der Waals surface area contributed by atoms with Gasteiger partial charge >= 0.3 is 7.82 Å². The van der Waals surface area contributed by atoms with Crippen molar-refractivity contribution in [1.29, 1.82) is 0 Å². The van der Waals surface area contributed by atoms with Gasteiger partial charge in [-0.25, -0.2) is 4.57 Å². The minimum Gasteiger partial charge on any atom is -0.491 e. The summed E-state index contributed by atoms with van der Waals surface area (Å²) in [5.74, 6) is 0.997. The zero-order valence-corrected chi connectivity index (χ0v) is 26.3. The third-order valence-corrected chi connectivity index (χ3v) is 8.27. The number of phosphoric ester groups is 1.